The van der Waals surface area contributed by atoms with Crippen molar-refractivity contribution < 1.29 is 4.79 Å². The number of nitrogens with one attached hydrogen (secondary N) is 1. The maximum atomic E-state index is 12.1. The number of anilines is 1. The van der Waals surface area contributed by atoms with Gasteiger partial charge in [0.2, 0.25) is 0 Å². The first kappa shape index (κ1) is 14.9. The van der Waals surface area contributed by atoms with E-state index >= 15 is 0 Å². The maximum Gasteiger partial charge on any atom is 0.321 e. The Morgan fingerprint density at radius 1 is 1.18 bits per heavy atom. The third-order valence-corrected chi connectivity index (χ3v) is 4.68. The third kappa shape index (κ3) is 3.43. The molecule has 1 saturated carbocycles. The summed E-state index contributed by atoms with van der Waals surface area (Å²) in [7, 11) is 0. The second-order valence-electron chi connectivity index (χ2n) is 6.34. The number of carbonyl (C=O) groups excluding carboxylic acids is 1. The van der Waals surface area contributed by atoms with Gasteiger partial charge in [0, 0.05) is 38.1 Å². The number of urea groups is 1. The van der Waals surface area contributed by atoms with Crippen LogP contribution in [0.25, 0.3) is 0 Å². The number of carbonyl (C=O) groups is 1. The largest absolute Gasteiger partial charge is 0.368 e. The summed E-state index contributed by atoms with van der Waals surface area (Å²) in [5.74, 6) is 0.696. The van der Waals surface area contributed by atoms with Crippen LogP contribution in [0.1, 0.15) is 24.0 Å². The van der Waals surface area contributed by atoms with Crippen molar-refractivity contribution in [3.05, 3.63) is 41.6 Å². The topological polar surface area (TPSA) is 35.6 Å². The van der Waals surface area contributed by atoms with E-state index in [0.717, 1.165) is 26.2 Å². The first-order valence-corrected chi connectivity index (χ1v) is 8.18. The molecule has 1 N–H and O–H groups in total. The van der Waals surface area contributed by atoms with Crippen LogP contribution < -0.4 is 10.2 Å². The minimum absolute atomic E-state index is 0.0255. The average Bonchev–Trinajstić information content (AvgIpc) is 3.34. The van der Waals surface area contributed by atoms with Gasteiger partial charge in [-0.1, -0.05) is 18.2 Å². The lowest BCUT2D eigenvalue weighted by Crippen LogP contribution is -2.51. The van der Waals surface area contributed by atoms with Gasteiger partial charge in [-0.15, -0.1) is 0 Å². The van der Waals surface area contributed by atoms with Crippen LogP contribution in [0.4, 0.5) is 10.5 Å². The Morgan fingerprint density at radius 2 is 1.91 bits per heavy atom. The summed E-state index contributed by atoms with van der Waals surface area (Å²) in [6, 6.07) is 6.46. The van der Waals surface area contributed by atoms with Crippen molar-refractivity contribution in [1.29, 1.82) is 0 Å². The first-order valence-electron chi connectivity index (χ1n) is 8.18. The number of aryl methyl sites for hydroxylation is 1. The zero-order valence-corrected chi connectivity index (χ0v) is 13.5. The molecule has 4 heteroatoms. The molecule has 0 bridgehead atoms. The summed E-state index contributed by atoms with van der Waals surface area (Å²) in [6.45, 7) is 7.65. The van der Waals surface area contributed by atoms with E-state index in [-0.39, 0.29) is 6.03 Å². The van der Waals surface area contributed by atoms with Crippen molar-refractivity contribution >= 4 is 11.7 Å². The van der Waals surface area contributed by atoms with Crippen molar-refractivity contribution in [2.24, 2.45) is 5.92 Å². The third-order valence-electron chi connectivity index (χ3n) is 4.68. The van der Waals surface area contributed by atoms with Gasteiger partial charge in [-0.3, -0.25) is 0 Å². The van der Waals surface area contributed by atoms with Crippen LogP contribution in [0.15, 0.2) is 30.5 Å². The lowest BCUT2D eigenvalue weighted by atomic mass is 10.1. The Labute approximate surface area is 132 Å². The molecule has 0 aromatic heterocycles. The molecule has 0 unspecified atom stereocenters. The molecule has 1 heterocycles. The molecule has 1 aliphatic heterocycles. The number of amides is 2. The lowest BCUT2D eigenvalue weighted by molar-refractivity contribution is 0.198. The van der Waals surface area contributed by atoms with Crippen molar-refractivity contribution in [1.82, 2.24) is 10.2 Å². The van der Waals surface area contributed by atoms with Crippen molar-refractivity contribution in [3.63, 3.8) is 0 Å². The fourth-order valence-electron chi connectivity index (χ4n) is 2.86. The summed E-state index contributed by atoms with van der Waals surface area (Å²) in [5.41, 5.74) is 3.96. The molecule has 1 aliphatic carbocycles. The predicted molar refractivity (Wildman–Crippen MR) is 90.1 cm³/mol. The number of allylic oxidation sites excluding steroid dienone is 1. The highest BCUT2D eigenvalue weighted by Crippen LogP contribution is 2.29. The SMILES string of the molecule is Cc1cccc(N2CCN(C(=O)N/C=C/C3CC3)CC2)c1C. The summed E-state index contributed by atoms with van der Waals surface area (Å²) < 4.78 is 0. The molecule has 1 aromatic rings. The van der Waals surface area contributed by atoms with E-state index in [1.54, 1.807) is 0 Å². The van der Waals surface area contributed by atoms with Crippen LogP contribution in [-0.4, -0.2) is 37.1 Å². The monoisotopic (exact) mass is 299 g/mol. The number of benzene rings is 1. The highest BCUT2D eigenvalue weighted by Gasteiger charge is 2.22. The molecule has 0 spiro atoms. The Bertz CT molecular complexity index is 570. The number of rotatable bonds is 3. The normalized spacial score (nSPS) is 18.8. The van der Waals surface area contributed by atoms with Crippen molar-refractivity contribution in [2.75, 3.05) is 31.1 Å². The number of hydrogen-bond acceptors (Lipinski definition) is 2. The number of piperazine rings is 1. The van der Waals surface area contributed by atoms with Gasteiger partial charge in [0.1, 0.15) is 0 Å². The van der Waals surface area contributed by atoms with E-state index in [4.69, 9.17) is 0 Å². The smallest absolute Gasteiger partial charge is 0.321 e. The summed E-state index contributed by atoms with van der Waals surface area (Å²) in [5, 5.41) is 2.89. The summed E-state index contributed by atoms with van der Waals surface area (Å²) in [4.78, 5) is 16.4. The van der Waals surface area contributed by atoms with Crippen LogP contribution in [0.2, 0.25) is 0 Å². The molecule has 2 amide bonds. The van der Waals surface area contributed by atoms with Crippen molar-refractivity contribution in [3.8, 4) is 0 Å². The van der Waals surface area contributed by atoms with Gasteiger partial charge in [0.05, 0.1) is 0 Å². The Morgan fingerprint density at radius 3 is 2.59 bits per heavy atom. The highest BCUT2D eigenvalue weighted by atomic mass is 16.2. The Balaban J connectivity index is 1.53. The van der Waals surface area contributed by atoms with Gasteiger partial charge in [-0.25, -0.2) is 4.79 Å². The molecule has 0 radical (unpaired) electrons. The van der Waals surface area contributed by atoms with Gasteiger partial charge in [0.25, 0.3) is 0 Å². The lowest BCUT2D eigenvalue weighted by Gasteiger charge is -2.36. The van der Waals surface area contributed by atoms with Crippen LogP contribution in [0.3, 0.4) is 0 Å². The van der Waals surface area contributed by atoms with Gasteiger partial charge in [-0.05, 0) is 49.8 Å². The molecule has 0 atom stereocenters. The van der Waals surface area contributed by atoms with Gasteiger partial charge < -0.3 is 15.1 Å². The average molecular weight is 299 g/mol. The van der Waals surface area contributed by atoms with Gasteiger partial charge >= 0.3 is 6.03 Å². The minimum atomic E-state index is 0.0255. The van der Waals surface area contributed by atoms with Crippen LogP contribution in [0.5, 0.6) is 0 Å². The molecule has 22 heavy (non-hydrogen) atoms. The molecular formula is C18H25N3O. The highest BCUT2D eigenvalue weighted by molar-refractivity contribution is 5.75. The fourth-order valence-corrected chi connectivity index (χ4v) is 2.86. The van der Waals surface area contributed by atoms with Gasteiger partial charge in [-0.2, -0.15) is 0 Å². The van der Waals surface area contributed by atoms with E-state index in [1.807, 2.05) is 11.1 Å². The molecule has 4 nitrogen and oxygen atoms in total. The zero-order chi connectivity index (χ0) is 15.5. The maximum absolute atomic E-state index is 12.1. The summed E-state index contributed by atoms with van der Waals surface area (Å²) in [6.07, 6.45) is 6.45. The molecule has 118 valence electrons. The van der Waals surface area contributed by atoms with E-state index in [2.05, 4.69) is 48.3 Å². The predicted octanol–water partition coefficient (Wildman–Crippen LogP) is 3.06. The van der Waals surface area contributed by atoms with E-state index < -0.39 is 0 Å². The quantitative estimate of drug-likeness (QED) is 0.931. The molecular weight excluding hydrogens is 274 g/mol. The number of hydrogen-bond donors (Lipinski definition) is 1. The number of nitrogens with zero attached hydrogens (tertiary/aromatic N) is 2. The van der Waals surface area contributed by atoms with Crippen LogP contribution in [-0.2, 0) is 0 Å². The van der Waals surface area contributed by atoms with Crippen molar-refractivity contribution in [2.45, 2.75) is 26.7 Å². The Kier molecular flexibility index (Phi) is 4.36. The summed E-state index contributed by atoms with van der Waals surface area (Å²) >= 11 is 0. The molecule has 1 aromatic carbocycles. The Hall–Kier alpha value is -1.97. The fraction of sp³-hybridized carbons (Fsp3) is 0.500. The second-order valence-corrected chi connectivity index (χ2v) is 6.34. The first-order chi connectivity index (χ1) is 10.6. The van der Waals surface area contributed by atoms with E-state index in [0.29, 0.717) is 5.92 Å². The zero-order valence-electron chi connectivity index (χ0n) is 13.5. The molecule has 1 saturated heterocycles. The molecule has 2 aliphatic rings. The van der Waals surface area contributed by atoms with Crippen LogP contribution in [0, 0.1) is 19.8 Å². The van der Waals surface area contributed by atoms with Crippen LogP contribution >= 0.6 is 0 Å². The minimum Gasteiger partial charge on any atom is -0.368 e. The van der Waals surface area contributed by atoms with Gasteiger partial charge in [0.15, 0.2) is 0 Å². The van der Waals surface area contributed by atoms with E-state index in [1.165, 1.54) is 29.7 Å². The second kappa shape index (κ2) is 6.42. The molecule has 3 rings (SSSR count). The standard InChI is InChI=1S/C18H25N3O/c1-14-4-3-5-17(15(14)2)20-10-12-21(13-11-20)18(22)19-9-8-16-6-7-16/h3-5,8-9,16H,6-7,10-13H2,1-2H3,(H,19,22)/b9-8+. The molecule has 2 fully saturated rings. The van der Waals surface area contributed by atoms with E-state index in [9.17, 15) is 4.79 Å².